The van der Waals surface area contributed by atoms with Gasteiger partial charge in [0.25, 0.3) is 5.91 Å². The predicted molar refractivity (Wildman–Crippen MR) is 142 cm³/mol. The quantitative estimate of drug-likeness (QED) is 0.174. The number of benzene rings is 3. The van der Waals surface area contributed by atoms with E-state index in [1.807, 2.05) is 55.5 Å². The molecule has 0 fully saturated rings. The minimum absolute atomic E-state index is 0.0160. The lowest BCUT2D eigenvalue weighted by atomic mass is 10.1. The maximum absolute atomic E-state index is 12.5. The average molecular weight is 650 g/mol. The Bertz CT molecular complexity index is 1150. The monoisotopic (exact) mass is 650 g/mol. The first-order chi connectivity index (χ1) is 15.5. The van der Waals surface area contributed by atoms with E-state index in [1.165, 1.54) is 3.57 Å². The second kappa shape index (κ2) is 11.9. The molecule has 0 aliphatic carbocycles. The Kier molecular flexibility index (Phi) is 8.93. The van der Waals surface area contributed by atoms with Crippen LogP contribution in [0, 0.1) is 18.5 Å². The van der Waals surface area contributed by atoms with E-state index in [4.69, 9.17) is 9.47 Å². The van der Waals surface area contributed by atoms with Crippen molar-refractivity contribution < 1.29 is 14.3 Å². The number of halogens is 2. The lowest BCUT2D eigenvalue weighted by Crippen LogP contribution is -2.13. The highest BCUT2D eigenvalue weighted by atomic mass is 127. The van der Waals surface area contributed by atoms with Crippen LogP contribution in [0.2, 0.25) is 0 Å². The molecule has 162 valence electrons. The first kappa shape index (κ1) is 24.1. The zero-order valence-electron chi connectivity index (χ0n) is 17.3. The largest absolute Gasteiger partial charge is 0.494 e. The van der Waals surface area contributed by atoms with Crippen LogP contribution in [0.4, 0.5) is 5.69 Å². The first-order valence-corrected chi connectivity index (χ1v) is 12.0. The summed E-state index contributed by atoms with van der Waals surface area (Å²) in [5.41, 5.74) is 2.44. The number of ether oxygens (including phenoxy) is 2. The van der Waals surface area contributed by atoms with Crippen molar-refractivity contribution in [3.8, 4) is 17.6 Å². The number of anilines is 1. The van der Waals surface area contributed by atoms with Gasteiger partial charge < -0.3 is 14.8 Å². The smallest absolute Gasteiger partial charge is 0.266 e. The number of carbonyl (C=O) groups is 1. The van der Waals surface area contributed by atoms with Gasteiger partial charge >= 0.3 is 0 Å². The highest BCUT2D eigenvalue weighted by Crippen LogP contribution is 2.25. The molecule has 0 spiro atoms. The fourth-order valence-corrected chi connectivity index (χ4v) is 3.84. The van der Waals surface area contributed by atoms with Crippen molar-refractivity contribution >= 4 is 62.9 Å². The molecule has 0 aliphatic heterocycles. The molecule has 3 rings (SSSR count). The number of nitrogens with one attached hydrogen (secondary N) is 1. The molecule has 0 heterocycles. The minimum Gasteiger partial charge on any atom is -0.494 e. The Hall–Kier alpha value is -2.58. The van der Waals surface area contributed by atoms with Crippen LogP contribution >= 0.6 is 45.2 Å². The molecule has 5 nitrogen and oxygen atoms in total. The number of nitrogens with zero attached hydrogens (tertiary/aromatic N) is 1. The van der Waals surface area contributed by atoms with Gasteiger partial charge in [-0.05, 0) is 118 Å². The fourth-order valence-electron chi connectivity index (χ4n) is 2.78. The van der Waals surface area contributed by atoms with Crippen LogP contribution in [0.1, 0.15) is 18.1 Å². The molecule has 0 saturated carbocycles. The molecular weight excluding hydrogens is 630 g/mol. The minimum atomic E-state index is -0.467. The Morgan fingerprint density at radius 1 is 1.03 bits per heavy atom. The van der Waals surface area contributed by atoms with Crippen molar-refractivity contribution in [3.63, 3.8) is 0 Å². The molecular formula is C25H20I2N2O3. The van der Waals surface area contributed by atoms with Crippen LogP contribution in [-0.4, -0.2) is 12.5 Å². The van der Waals surface area contributed by atoms with E-state index in [2.05, 4.69) is 50.5 Å². The van der Waals surface area contributed by atoms with Gasteiger partial charge in [0.2, 0.25) is 0 Å². The van der Waals surface area contributed by atoms with E-state index < -0.39 is 5.91 Å². The van der Waals surface area contributed by atoms with Gasteiger partial charge in [-0.25, -0.2) is 0 Å². The molecule has 0 aromatic heterocycles. The van der Waals surface area contributed by atoms with Gasteiger partial charge in [0.1, 0.15) is 29.7 Å². The van der Waals surface area contributed by atoms with E-state index in [1.54, 1.807) is 30.3 Å². The molecule has 1 N–H and O–H groups in total. The molecule has 0 atom stereocenters. The van der Waals surface area contributed by atoms with Crippen molar-refractivity contribution in [3.05, 3.63) is 90.6 Å². The first-order valence-electron chi connectivity index (χ1n) is 9.81. The van der Waals surface area contributed by atoms with Gasteiger partial charge in [-0.2, -0.15) is 5.26 Å². The molecule has 3 aromatic rings. The second-order valence-corrected chi connectivity index (χ2v) is 9.09. The van der Waals surface area contributed by atoms with Crippen molar-refractivity contribution in [2.45, 2.75) is 13.5 Å². The summed E-state index contributed by atoms with van der Waals surface area (Å²) in [5.74, 6) is 1.00. The average Bonchev–Trinajstić information content (AvgIpc) is 2.79. The normalized spacial score (nSPS) is 10.9. The van der Waals surface area contributed by atoms with Crippen LogP contribution in [0.5, 0.6) is 11.5 Å². The van der Waals surface area contributed by atoms with Gasteiger partial charge in [-0.3, -0.25) is 4.79 Å². The Balaban J connectivity index is 1.66. The number of hydrogen-bond donors (Lipinski definition) is 1. The van der Waals surface area contributed by atoms with Crippen LogP contribution in [0.3, 0.4) is 0 Å². The third-order valence-electron chi connectivity index (χ3n) is 4.36. The number of amides is 1. The number of rotatable bonds is 8. The molecule has 7 heteroatoms. The van der Waals surface area contributed by atoms with E-state index in [9.17, 15) is 10.1 Å². The van der Waals surface area contributed by atoms with Crippen molar-refractivity contribution in [2.24, 2.45) is 0 Å². The van der Waals surface area contributed by atoms with Crippen molar-refractivity contribution in [1.29, 1.82) is 5.26 Å². The van der Waals surface area contributed by atoms with E-state index >= 15 is 0 Å². The topological polar surface area (TPSA) is 71.3 Å². The van der Waals surface area contributed by atoms with Gasteiger partial charge in [0.15, 0.2) is 0 Å². The number of carbonyl (C=O) groups excluding carboxylic acids is 1. The predicted octanol–water partition coefficient (Wildman–Crippen LogP) is 6.42. The summed E-state index contributed by atoms with van der Waals surface area (Å²) < 4.78 is 13.4. The van der Waals surface area contributed by atoms with Crippen LogP contribution in [0.15, 0.2) is 72.3 Å². The Morgan fingerprint density at radius 3 is 2.38 bits per heavy atom. The summed E-state index contributed by atoms with van der Waals surface area (Å²) in [5, 5.41) is 12.2. The van der Waals surface area contributed by atoms with Gasteiger partial charge in [-0.15, -0.1) is 0 Å². The van der Waals surface area contributed by atoms with Gasteiger partial charge in [0.05, 0.1) is 10.2 Å². The van der Waals surface area contributed by atoms with Crippen LogP contribution in [0.25, 0.3) is 6.08 Å². The summed E-state index contributed by atoms with van der Waals surface area (Å²) in [4.78, 5) is 12.5. The molecule has 0 radical (unpaired) electrons. The van der Waals surface area contributed by atoms with Crippen molar-refractivity contribution in [1.82, 2.24) is 0 Å². The van der Waals surface area contributed by atoms with Crippen LogP contribution in [-0.2, 0) is 11.4 Å². The molecule has 3 aromatic carbocycles. The highest BCUT2D eigenvalue weighted by Gasteiger charge is 2.11. The SMILES string of the molecule is CCOc1ccc(NC(=O)/C(C#N)=C/c2ccc(OCc3ccc(I)cc3)c(I)c2)cc1. The molecule has 32 heavy (non-hydrogen) atoms. The molecule has 0 unspecified atom stereocenters. The van der Waals surface area contributed by atoms with Crippen LogP contribution < -0.4 is 14.8 Å². The summed E-state index contributed by atoms with van der Waals surface area (Å²) in [6.45, 7) is 2.95. The van der Waals surface area contributed by atoms with Gasteiger partial charge in [0, 0.05) is 9.26 Å². The highest BCUT2D eigenvalue weighted by molar-refractivity contribution is 14.1. The maximum atomic E-state index is 12.5. The summed E-state index contributed by atoms with van der Waals surface area (Å²) >= 11 is 4.46. The lowest BCUT2D eigenvalue weighted by molar-refractivity contribution is -0.112. The molecule has 0 saturated heterocycles. The fraction of sp³-hybridized carbons (Fsp3) is 0.120. The lowest BCUT2D eigenvalue weighted by Gasteiger charge is -2.10. The molecule has 1 amide bonds. The third kappa shape index (κ3) is 6.97. The van der Waals surface area contributed by atoms with E-state index in [-0.39, 0.29) is 5.57 Å². The van der Waals surface area contributed by atoms with Crippen molar-refractivity contribution in [2.75, 3.05) is 11.9 Å². The zero-order chi connectivity index (χ0) is 22.9. The number of nitriles is 1. The standard InChI is InChI=1S/C25H20I2N2O3/c1-2-31-22-10-8-21(9-11-22)29-25(30)19(15-28)13-18-5-12-24(23(27)14-18)32-16-17-3-6-20(26)7-4-17/h3-14H,2,16H2,1H3,(H,29,30)/b19-13+. The Morgan fingerprint density at radius 2 is 1.75 bits per heavy atom. The summed E-state index contributed by atoms with van der Waals surface area (Å²) in [6.07, 6.45) is 1.56. The van der Waals surface area contributed by atoms with Gasteiger partial charge in [-0.1, -0.05) is 18.2 Å². The summed E-state index contributed by atoms with van der Waals surface area (Å²) in [7, 11) is 0. The maximum Gasteiger partial charge on any atom is 0.266 e. The second-order valence-electron chi connectivity index (χ2n) is 6.69. The summed E-state index contributed by atoms with van der Waals surface area (Å²) in [6, 6.07) is 22.7. The zero-order valence-corrected chi connectivity index (χ0v) is 21.6. The Labute approximate surface area is 214 Å². The third-order valence-corrected chi connectivity index (χ3v) is 5.92. The van der Waals surface area contributed by atoms with E-state index in [0.717, 1.165) is 26.2 Å². The van der Waals surface area contributed by atoms with E-state index in [0.29, 0.717) is 18.9 Å². The molecule has 0 bridgehead atoms. The number of hydrogen-bond acceptors (Lipinski definition) is 4. The molecule has 0 aliphatic rings.